The first kappa shape index (κ1) is 10.6. The molecule has 1 aromatic carbocycles. The van der Waals surface area contributed by atoms with Crippen LogP contribution in [0.4, 0.5) is 0 Å². The first-order chi connectivity index (χ1) is 6.65. The van der Waals surface area contributed by atoms with E-state index in [9.17, 15) is 0 Å². The van der Waals surface area contributed by atoms with Crippen molar-refractivity contribution in [2.24, 2.45) is 0 Å². The van der Waals surface area contributed by atoms with Crippen LogP contribution in [0.1, 0.15) is 30.9 Å². The normalized spacial score (nSPS) is 9.93. The van der Waals surface area contributed by atoms with Gasteiger partial charge in [0.15, 0.2) is 6.61 Å². The van der Waals surface area contributed by atoms with Crippen LogP contribution in [-0.4, -0.2) is 6.61 Å². The molecule has 0 aliphatic heterocycles. The van der Waals surface area contributed by atoms with Crippen LogP contribution in [-0.2, 0) is 0 Å². The summed E-state index contributed by atoms with van der Waals surface area (Å²) in [6.07, 6.45) is 0. The summed E-state index contributed by atoms with van der Waals surface area (Å²) in [7, 11) is 0. The van der Waals surface area contributed by atoms with E-state index < -0.39 is 0 Å². The number of hydrogen-bond acceptors (Lipinski definition) is 2. The Morgan fingerprint density at radius 3 is 2.71 bits per heavy atom. The molecule has 2 heteroatoms. The molecular weight excluding hydrogens is 174 g/mol. The number of ether oxygens (including phenoxy) is 1. The van der Waals surface area contributed by atoms with Crippen LogP contribution in [0, 0.1) is 18.3 Å². The van der Waals surface area contributed by atoms with Crippen molar-refractivity contribution in [1.29, 1.82) is 5.26 Å². The van der Waals surface area contributed by atoms with Crippen molar-refractivity contribution >= 4 is 0 Å². The Bertz CT molecular complexity index is 350. The molecule has 0 aromatic heterocycles. The van der Waals surface area contributed by atoms with Gasteiger partial charge >= 0.3 is 0 Å². The van der Waals surface area contributed by atoms with Crippen LogP contribution in [0.3, 0.4) is 0 Å². The molecule has 0 saturated heterocycles. The number of aryl methyl sites for hydroxylation is 1. The summed E-state index contributed by atoms with van der Waals surface area (Å²) in [5, 5.41) is 8.42. The average molecular weight is 189 g/mol. The van der Waals surface area contributed by atoms with E-state index in [1.807, 2.05) is 25.1 Å². The Kier molecular flexibility index (Phi) is 3.53. The second kappa shape index (κ2) is 4.66. The maximum atomic E-state index is 8.42. The molecule has 0 heterocycles. The number of nitriles is 1. The van der Waals surface area contributed by atoms with Crippen LogP contribution < -0.4 is 4.74 Å². The van der Waals surface area contributed by atoms with Crippen LogP contribution in [0.15, 0.2) is 18.2 Å². The Morgan fingerprint density at radius 2 is 2.14 bits per heavy atom. The maximum Gasteiger partial charge on any atom is 0.174 e. The zero-order valence-electron chi connectivity index (χ0n) is 8.87. The van der Waals surface area contributed by atoms with E-state index in [1.165, 1.54) is 5.56 Å². The molecule has 1 aromatic rings. The zero-order chi connectivity index (χ0) is 10.6. The van der Waals surface area contributed by atoms with Crippen molar-refractivity contribution in [3.05, 3.63) is 29.3 Å². The Balaban J connectivity index is 2.91. The summed E-state index contributed by atoms with van der Waals surface area (Å²) in [5.74, 6) is 1.30. The first-order valence-electron chi connectivity index (χ1n) is 4.75. The topological polar surface area (TPSA) is 33.0 Å². The molecule has 2 nitrogen and oxygen atoms in total. The van der Waals surface area contributed by atoms with Crippen LogP contribution >= 0.6 is 0 Å². The quantitative estimate of drug-likeness (QED) is 0.732. The minimum Gasteiger partial charge on any atom is -0.478 e. The van der Waals surface area contributed by atoms with Gasteiger partial charge in [-0.3, -0.25) is 0 Å². The van der Waals surface area contributed by atoms with Gasteiger partial charge in [0.1, 0.15) is 11.8 Å². The highest BCUT2D eigenvalue weighted by Gasteiger charge is 2.04. The van der Waals surface area contributed by atoms with Gasteiger partial charge in [-0.1, -0.05) is 26.0 Å². The minimum absolute atomic E-state index is 0.113. The summed E-state index contributed by atoms with van der Waals surface area (Å²) in [4.78, 5) is 0. The molecule has 0 saturated carbocycles. The summed E-state index contributed by atoms with van der Waals surface area (Å²) in [6, 6.07) is 8.11. The SMILES string of the molecule is Cc1ccc(C(C)C)cc1OCC#N. The lowest BCUT2D eigenvalue weighted by Gasteiger charge is -2.10. The molecular formula is C12H15NO. The van der Waals surface area contributed by atoms with E-state index in [2.05, 4.69) is 19.9 Å². The van der Waals surface area contributed by atoms with Gasteiger partial charge < -0.3 is 4.74 Å². The lowest BCUT2D eigenvalue weighted by molar-refractivity contribution is 0.365. The maximum absolute atomic E-state index is 8.42. The van der Waals surface area contributed by atoms with E-state index in [4.69, 9.17) is 10.00 Å². The van der Waals surface area contributed by atoms with Gasteiger partial charge in [0.05, 0.1) is 0 Å². The van der Waals surface area contributed by atoms with Crippen LogP contribution in [0.5, 0.6) is 5.75 Å². The Labute approximate surface area is 85.1 Å². The average Bonchev–Trinajstić information content (AvgIpc) is 2.16. The molecule has 0 N–H and O–H groups in total. The molecule has 1 rings (SSSR count). The van der Waals surface area contributed by atoms with Crippen molar-refractivity contribution in [2.45, 2.75) is 26.7 Å². The van der Waals surface area contributed by atoms with Crippen molar-refractivity contribution in [2.75, 3.05) is 6.61 Å². The van der Waals surface area contributed by atoms with Crippen LogP contribution in [0.2, 0.25) is 0 Å². The molecule has 0 unspecified atom stereocenters. The smallest absolute Gasteiger partial charge is 0.174 e. The molecule has 0 aliphatic rings. The zero-order valence-corrected chi connectivity index (χ0v) is 8.87. The largest absolute Gasteiger partial charge is 0.478 e. The van der Waals surface area contributed by atoms with E-state index in [1.54, 1.807) is 0 Å². The van der Waals surface area contributed by atoms with E-state index >= 15 is 0 Å². The Morgan fingerprint density at radius 1 is 1.43 bits per heavy atom. The molecule has 0 amide bonds. The van der Waals surface area contributed by atoms with Gasteiger partial charge in [-0.05, 0) is 30.0 Å². The van der Waals surface area contributed by atoms with Crippen LogP contribution in [0.25, 0.3) is 0 Å². The summed E-state index contributed by atoms with van der Waals surface area (Å²) >= 11 is 0. The van der Waals surface area contributed by atoms with E-state index in [0.717, 1.165) is 11.3 Å². The number of benzene rings is 1. The second-order valence-corrected chi connectivity index (χ2v) is 3.63. The lowest BCUT2D eigenvalue weighted by Crippen LogP contribution is -1.97. The molecule has 0 bridgehead atoms. The van der Waals surface area contributed by atoms with E-state index in [0.29, 0.717) is 5.92 Å². The van der Waals surface area contributed by atoms with Gasteiger partial charge in [-0.25, -0.2) is 0 Å². The number of nitrogens with zero attached hydrogens (tertiary/aromatic N) is 1. The molecule has 0 atom stereocenters. The van der Waals surface area contributed by atoms with Gasteiger partial charge in [0, 0.05) is 0 Å². The standard InChI is InChI=1S/C12H15NO/c1-9(2)11-5-4-10(3)12(8-11)14-7-6-13/h4-5,8-9H,7H2,1-3H3. The molecule has 0 fully saturated rings. The lowest BCUT2D eigenvalue weighted by atomic mass is 10.0. The van der Waals surface area contributed by atoms with Gasteiger partial charge in [0.25, 0.3) is 0 Å². The van der Waals surface area contributed by atoms with Gasteiger partial charge in [0.2, 0.25) is 0 Å². The van der Waals surface area contributed by atoms with E-state index in [-0.39, 0.29) is 6.61 Å². The summed E-state index contributed by atoms with van der Waals surface area (Å²) in [6.45, 7) is 6.37. The molecule has 0 aliphatic carbocycles. The third kappa shape index (κ3) is 2.50. The third-order valence-electron chi connectivity index (χ3n) is 2.17. The monoisotopic (exact) mass is 189 g/mol. The summed E-state index contributed by atoms with van der Waals surface area (Å²) < 4.78 is 5.32. The number of rotatable bonds is 3. The second-order valence-electron chi connectivity index (χ2n) is 3.63. The fourth-order valence-corrected chi connectivity index (χ4v) is 1.24. The third-order valence-corrected chi connectivity index (χ3v) is 2.17. The highest BCUT2D eigenvalue weighted by Crippen LogP contribution is 2.23. The van der Waals surface area contributed by atoms with Crippen molar-refractivity contribution in [1.82, 2.24) is 0 Å². The predicted molar refractivity (Wildman–Crippen MR) is 56.4 cm³/mol. The summed E-state index contributed by atoms with van der Waals surface area (Å²) in [5.41, 5.74) is 2.31. The van der Waals surface area contributed by atoms with Crippen molar-refractivity contribution in [3.63, 3.8) is 0 Å². The number of hydrogen-bond donors (Lipinski definition) is 0. The fourth-order valence-electron chi connectivity index (χ4n) is 1.24. The van der Waals surface area contributed by atoms with Crippen molar-refractivity contribution in [3.8, 4) is 11.8 Å². The minimum atomic E-state index is 0.113. The molecule has 74 valence electrons. The first-order valence-corrected chi connectivity index (χ1v) is 4.75. The Hall–Kier alpha value is -1.49. The predicted octanol–water partition coefficient (Wildman–Crippen LogP) is 3.02. The van der Waals surface area contributed by atoms with Gasteiger partial charge in [-0.2, -0.15) is 5.26 Å². The fraction of sp³-hybridized carbons (Fsp3) is 0.417. The van der Waals surface area contributed by atoms with Gasteiger partial charge in [-0.15, -0.1) is 0 Å². The highest BCUT2D eigenvalue weighted by molar-refractivity contribution is 5.37. The molecule has 0 spiro atoms. The molecule has 0 radical (unpaired) electrons. The molecule has 14 heavy (non-hydrogen) atoms. The highest BCUT2D eigenvalue weighted by atomic mass is 16.5. The van der Waals surface area contributed by atoms with Crippen molar-refractivity contribution < 1.29 is 4.74 Å².